The first-order valence-corrected chi connectivity index (χ1v) is 6.87. The van der Waals surface area contributed by atoms with E-state index in [2.05, 4.69) is 57.7 Å². The zero-order valence-corrected chi connectivity index (χ0v) is 12.6. The predicted octanol–water partition coefficient (Wildman–Crippen LogP) is 3.11. The van der Waals surface area contributed by atoms with Crippen LogP contribution in [-0.2, 0) is 6.54 Å². The molecule has 0 aliphatic heterocycles. The molecule has 2 nitrogen and oxygen atoms in total. The molecule has 1 rings (SSSR count). The smallest absolute Gasteiger partial charge is 0.0239 e. The first-order chi connectivity index (χ1) is 8.39. The Kier molecular flexibility index (Phi) is 5.36. The van der Waals surface area contributed by atoms with Gasteiger partial charge in [-0.05, 0) is 49.0 Å². The third-order valence-electron chi connectivity index (χ3n) is 3.68. The molecule has 0 unspecified atom stereocenters. The fraction of sp³-hybridized carbons (Fsp3) is 0.625. The lowest BCUT2D eigenvalue weighted by atomic mass is 9.92. The van der Waals surface area contributed by atoms with Gasteiger partial charge in [-0.25, -0.2) is 0 Å². The zero-order valence-electron chi connectivity index (χ0n) is 12.6. The Labute approximate surface area is 112 Å². The molecule has 18 heavy (non-hydrogen) atoms. The van der Waals surface area contributed by atoms with Crippen LogP contribution in [0.15, 0.2) is 18.2 Å². The monoisotopic (exact) mass is 248 g/mol. The van der Waals surface area contributed by atoms with Gasteiger partial charge in [0.25, 0.3) is 0 Å². The molecular weight excluding hydrogens is 220 g/mol. The highest BCUT2D eigenvalue weighted by Gasteiger charge is 2.20. The van der Waals surface area contributed by atoms with Gasteiger partial charge in [0.2, 0.25) is 0 Å². The van der Waals surface area contributed by atoms with Crippen LogP contribution in [0.2, 0.25) is 0 Å². The minimum absolute atomic E-state index is 0.187. The molecule has 0 atom stereocenters. The van der Waals surface area contributed by atoms with Crippen molar-refractivity contribution in [3.05, 3.63) is 34.9 Å². The fourth-order valence-corrected chi connectivity index (χ4v) is 2.27. The van der Waals surface area contributed by atoms with Gasteiger partial charge in [-0.2, -0.15) is 0 Å². The number of benzene rings is 1. The number of rotatable bonds is 6. The number of nitrogens with two attached hydrogens (primary N) is 1. The van der Waals surface area contributed by atoms with E-state index in [1.807, 2.05) is 0 Å². The fourth-order valence-electron chi connectivity index (χ4n) is 2.27. The lowest BCUT2D eigenvalue weighted by molar-refractivity contribution is 0.183. The van der Waals surface area contributed by atoms with Crippen molar-refractivity contribution in [1.82, 2.24) is 4.90 Å². The second-order valence-corrected chi connectivity index (χ2v) is 6.04. The van der Waals surface area contributed by atoms with Crippen molar-refractivity contribution < 1.29 is 0 Å². The Morgan fingerprint density at radius 2 is 1.72 bits per heavy atom. The van der Waals surface area contributed by atoms with Crippen molar-refractivity contribution in [2.24, 2.45) is 11.1 Å². The molecule has 0 spiro atoms. The standard InChI is InChI=1S/C16H28N2/c1-6-18(12-16(4,5)11-17)10-15-13(2)8-7-9-14(15)3/h7-9H,6,10-12,17H2,1-5H3. The minimum Gasteiger partial charge on any atom is -0.330 e. The molecule has 0 aliphatic carbocycles. The average molecular weight is 248 g/mol. The van der Waals surface area contributed by atoms with Gasteiger partial charge in [-0.1, -0.05) is 39.0 Å². The summed E-state index contributed by atoms with van der Waals surface area (Å²) in [6, 6.07) is 6.53. The number of nitrogens with zero attached hydrogens (tertiary/aromatic N) is 1. The van der Waals surface area contributed by atoms with Gasteiger partial charge in [0.15, 0.2) is 0 Å². The van der Waals surface area contributed by atoms with E-state index < -0.39 is 0 Å². The highest BCUT2D eigenvalue weighted by molar-refractivity contribution is 5.33. The van der Waals surface area contributed by atoms with Gasteiger partial charge in [-0.15, -0.1) is 0 Å². The first-order valence-electron chi connectivity index (χ1n) is 6.87. The number of aryl methyl sites for hydroxylation is 2. The van der Waals surface area contributed by atoms with Gasteiger partial charge >= 0.3 is 0 Å². The summed E-state index contributed by atoms with van der Waals surface area (Å²) in [5.74, 6) is 0. The molecule has 2 heteroatoms. The van der Waals surface area contributed by atoms with E-state index in [-0.39, 0.29) is 5.41 Å². The topological polar surface area (TPSA) is 29.3 Å². The Balaban J connectivity index is 2.80. The van der Waals surface area contributed by atoms with E-state index in [0.29, 0.717) is 0 Å². The van der Waals surface area contributed by atoms with E-state index >= 15 is 0 Å². The van der Waals surface area contributed by atoms with Gasteiger partial charge in [0.1, 0.15) is 0 Å². The van der Waals surface area contributed by atoms with E-state index in [1.54, 1.807) is 0 Å². The molecule has 0 saturated heterocycles. The lowest BCUT2D eigenvalue weighted by Crippen LogP contribution is -2.38. The lowest BCUT2D eigenvalue weighted by Gasteiger charge is -2.31. The number of hydrogen-bond donors (Lipinski definition) is 1. The van der Waals surface area contributed by atoms with E-state index in [0.717, 1.165) is 26.2 Å². The second-order valence-electron chi connectivity index (χ2n) is 6.04. The average Bonchev–Trinajstić information content (AvgIpc) is 2.32. The van der Waals surface area contributed by atoms with Gasteiger partial charge < -0.3 is 5.73 Å². The van der Waals surface area contributed by atoms with Crippen LogP contribution in [-0.4, -0.2) is 24.5 Å². The summed E-state index contributed by atoms with van der Waals surface area (Å²) in [5.41, 5.74) is 10.3. The van der Waals surface area contributed by atoms with Crippen molar-refractivity contribution in [1.29, 1.82) is 0 Å². The SMILES string of the molecule is CCN(Cc1c(C)cccc1C)CC(C)(C)CN. The summed E-state index contributed by atoms with van der Waals surface area (Å²) in [5, 5.41) is 0. The Bertz CT molecular complexity index is 362. The zero-order chi connectivity index (χ0) is 13.8. The van der Waals surface area contributed by atoms with E-state index in [4.69, 9.17) is 5.73 Å². The highest BCUT2D eigenvalue weighted by Crippen LogP contribution is 2.20. The summed E-state index contributed by atoms with van der Waals surface area (Å²) in [7, 11) is 0. The molecule has 0 bridgehead atoms. The quantitative estimate of drug-likeness (QED) is 0.838. The summed E-state index contributed by atoms with van der Waals surface area (Å²) >= 11 is 0. The van der Waals surface area contributed by atoms with Crippen molar-refractivity contribution >= 4 is 0 Å². The minimum atomic E-state index is 0.187. The Morgan fingerprint density at radius 3 is 2.17 bits per heavy atom. The summed E-state index contributed by atoms with van der Waals surface area (Å²) in [4.78, 5) is 2.49. The van der Waals surface area contributed by atoms with Crippen LogP contribution in [0.1, 0.15) is 37.5 Å². The van der Waals surface area contributed by atoms with Crippen LogP contribution < -0.4 is 5.73 Å². The molecule has 1 aromatic carbocycles. The molecule has 0 amide bonds. The largest absolute Gasteiger partial charge is 0.330 e. The van der Waals surface area contributed by atoms with Crippen LogP contribution in [0, 0.1) is 19.3 Å². The molecule has 0 aromatic heterocycles. The Morgan fingerprint density at radius 1 is 1.17 bits per heavy atom. The van der Waals surface area contributed by atoms with Crippen molar-refractivity contribution in [2.75, 3.05) is 19.6 Å². The Hall–Kier alpha value is -0.860. The molecule has 1 aromatic rings. The van der Waals surface area contributed by atoms with E-state index in [1.165, 1.54) is 16.7 Å². The van der Waals surface area contributed by atoms with Crippen LogP contribution in [0.4, 0.5) is 0 Å². The van der Waals surface area contributed by atoms with Crippen LogP contribution in [0.25, 0.3) is 0 Å². The van der Waals surface area contributed by atoms with Crippen molar-refractivity contribution in [3.63, 3.8) is 0 Å². The van der Waals surface area contributed by atoms with E-state index in [9.17, 15) is 0 Å². The summed E-state index contributed by atoms with van der Waals surface area (Å²) in [6.07, 6.45) is 0. The van der Waals surface area contributed by atoms with Crippen LogP contribution in [0.3, 0.4) is 0 Å². The summed E-state index contributed by atoms with van der Waals surface area (Å²) < 4.78 is 0. The van der Waals surface area contributed by atoms with Gasteiger partial charge in [-0.3, -0.25) is 4.90 Å². The number of hydrogen-bond acceptors (Lipinski definition) is 2. The molecule has 0 heterocycles. The van der Waals surface area contributed by atoms with Gasteiger partial charge in [0.05, 0.1) is 0 Å². The van der Waals surface area contributed by atoms with Crippen LogP contribution >= 0.6 is 0 Å². The van der Waals surface area contributed by atoms with Crippen LogP contribution in [0.5, 0.6) is 0 Å². The predicted molar refractivity (Wildman–Crippen MR) is 79.7 cm³/mol. The first kappa shape index (κ1) is 15.2. The molecule has 0 saturated carbocycles. The second kappa shape index (κ2) is 6.35. The third-order valence-corrected chi connectivity index (χ3v) is 3.68. The summed E-state index contributed by atoms with van der Waals surface area (Å²) in [6.45, 7) is 15.0. The maximum absolute atomic E-state index is 5.84. The third kappa shape index (κ3) is 4.11. The normalized spacial score (nSPS) is 12.2. The molecule has 0 fully saturated rings. The molecule has 0 aliphatic rings. The maximum Gasteiger partial charge on any atom is 0.0239 e. The molecule has 2 N–H and O–H groups in total. The molecule has 0 radical (unpaired) electrons. The van der Waals surface area contributed by atoms with Gasteiger partial charge in [0, 0.05) is 13.1 Å². The molecular formula is C16H28N2. The van der Waals surface area contributed by atoms with Crippen molar-refractivity contribution in [3.8, 4) is 0 Å². The molecule has 102 valence electrons. The highest BCUT2D eigenvalue weighted by atomic mass is 15.1. The maximum atomic E-state index is 5.84. The van der Waals surface area contributed by atoms with Crippen molar-refractivity contribution in [2.45, 2.75) is 41.2 Å².